The first-order valence-electron chi connectivity index (χ1n) is 13.4. The van der Waals surface area contributed by atoms with Crippen LogP contribution in [0.1, 0.15) is 58.8 Å². The van der Waals surface area contributed by atoms with Crippen molar-refractivity contribution in [3.63, 3.8) is 0 Å². The van der Waals surface area contributed by atoms with Gasteiger partial charge < -0.3 is 20.3 Å². The molecule has 0 aromatic carbocycles. The molecule has 1 amide bonds. The highest BCUT2D eigenvalue weighted by atomic mass is 17.1. The summed E-state index contributed by atoms with van der Waals surface area (Å²) in [5.74, 6) is -2.09. The average molecular weight is 551 g/mol. The van der Waals surface area contributed by atoms with Gasteiger partial charge in [-0.25, -0.2) is 0 Å². The second kappa shape index (κ2) is 11.2. The van der Waals surface area contributed by atoms with Crippen molar-refractivity contribution < 1.29 is 49.4 Å². The Labute approximate surface area is 226 Å². The zero-order chi connectivity index (χ0) is 28.6. The zero-order valence-electron chi connectivity index (χ0n) is 22.3. The number of nitrogens with zero attached hydrogens (tertiary/aromatic N) is 1. The highest BCUT2D eigenvalue weighted by Gasteiger charge is 2.68. The average Bonchev–Trinajstić information content (AvgIpc) is 3.14. The number of amides is 1. The van der Waals surface area contributed by atoms with Crippen LogP contribution in [-0.4, -0.2) is 80.9 Å². The molecule has 5 N–H and O–H groups in total. The highest BCUT2D eigenvalue weighted by Crippen LogP contribution is 2.67. The number of allylic oxidation sites excluding steroid dienone is 4. The fourth-order valence-corrected chi connectivity index (χ4v) is 7.74. The molecule has 3 fully saturated rings. The minimum atomic E-state index is -1.77. The first kappa shape index (κ1) is 29.5. The molecule has 0 spiro atoms. The van der Waals surface area contributed by atoms with Crippen LogP contribution in [0.5, 0.6) is 0 Å². The van der Waals surface area contributed by atoms with Crippen LogP contribution in [0, 0.1) is 28.6 Å². The number of esters is 1. The van der Waals surface area contributed by atoms with E-state index < -0.39 is 58.7 Å². The number of ether oxygens (including phenoxy) is 1. The molecule has 3 saturated carbocycles. The Morgan fingerprint density at radius 3 is 2.67 bits per heavy atom. The van der Waals surface area contributed by atoms with Gasteiger partial charge in [-0.1, -0.05) is 25.5 Å². The second-order valence-electron chi connectivity index (χ2n) is 11.7. The molecule has 216 valence electrons. The summed E-state index contributed by atoms with van der Waals surface area (Å²) in [6.45, 7) is 2.66. The molecule has 0 saturated heterocycles. The largest absolute Gasteiger partial charge is 0.456 e. The molecule has 12 nitrogen and oxygen atoms in total. The van der Waals surface area contributed by atoms with Gasteiger partial charge in [0.15, 0.2) is 12.4 Å². The first-order chi connectivity index (χ1) is 18.3. The lowest BCUT2D eigenvalue weighted by Gasteiger charge is -2.59. The van der Waals surface area contributed by atoms with Gasteiger partial charge in [0.25, 0.3) is 0 Å². The molecule has 0 aromatic heterocycles. The van der Waals surface area contributed by atoms with Crippen LogP contribution >= 0.6 is 0 Å². The number of Topliss-reactive ketones (excluding diaryl/α,β-unsaturated/α-hetero) is 1. The number of carbonyl (C=O) groups excluding carboxylic acids is 4. The van der Waals surface area contributed by atoms with Gasteiger partial charge in [-0.2, -0.15) is 0 Å². The fraction of sp³-hybridized carbons (Fsp3) is 0.704. The van der Waals surface area contributed by atoms with Crippen molar-refractivity contribution in [3.05, 3.63) is 23.8 Å². The van der Waals surface area contributed by atoms with Crippen molar-refractivity contribution in [3.8, 4) is 0 Å². The SMILES string of the molecule is C[C@]12C=CC(=O)C=C1CC[C@@H]1[C@@H]2[C@@H](O)C[C@@]2(C)[C@H]1CC[C@]2(O)C(=O)COC(=O)CNC(=O)CCCON(O)O. The number of ketones is 2. The molecule has 4 aliphatic rings. The third kappa shape index (κ3) is 5.46. The smallest absolute Gasteiger partial charge is 0.325 e. The van der Waals surface area contributed by atoms with Gasteiger partial charge in [0.1, 0.15) is 12.1 Å². The van der Waals surface area contributed by atoms with E-state index in [1.54, 1.807) is 12.2 Å². The lowest BCUT2D eigenvalue weighted by atomic mass is 9.46. The number of fused-ring (bicyclic) bond motifs is 5. The highest BCUT2D eigenvalue weighted by molar-refractivity contribution is 6.01. The third-order valence-electron chi connectivity index (χ3n) is 9.66. The molecule has 0 radical (unpaired) electrons. The first-order valence-corrected chi connectivity index (χ1v) is 13.4. The minimum Gasteiger partial charge on any atom is -0.456 e. The Hall–Kier alpha value is -2.48. The van der Waals surface area contributed by atoms with E-state index in [9.17, 15) is 29.4 Å². The molecule has 0 bridgehead atoms. The molecule has 4 rings (SSSR count). The summed E-state index contributed by atoms with van der Waals surface area (Å²) in [5.41, 5.74) is -2.10. The van der Waals surface area contributed by atoms with E-state index in [0.29, 0.717) is 6.42 Å². The van der Waals surface area contributed by atoms with E-state index in [4.69, 9.17) is 15.2 Å². The van der Waals surface area contributed by atoms with Gasteiger partial charge in [0, 0.05) is 23.2 Å². The number of aliphatic hydroxyl groups excluding tert-OH is 1. The van der Waals surface area contributed by atoms with Gasteiger partial charge in [-0.3, -0.25) is 34.4 Å². The number of aliphatic hydroxyl groups is 2. The molecule has 39 heavy (non-hydrogen) atoms. The topological polar surface area (TPSA) is 183 Å². The Kier molecular flexibility index (Phi) is 8.46. The van der Waals surface area contributed by atoms with Gasteiger partial charge in [0.2, 0.25) is 11.7 Å². The number of carbonyl (C=O) groups is 4. The van der Waals surface area contributed by atoms with Crippen LogP contribution in [0.25, 0.3) is 0 Å². The van der Waals surface area contributed by atoms with E-state index in [-0.39, 0.29) is 55.8 Å². The standard InChI is InChI=1S/C27H38N2O10/c1-25-9-7-17(30)12-16(25)5-6-18-19-8-10-27(35,26(19,2)13-20(31)24(18)25)21(32)15-38-23(34)14-28-22(33)4-3-11-39-29(36)37/h7,9,12,18-20,24,31,35-37H,3-6,8,10-11,13-15H2,1-2H3,(H,28,33)/t18-,19-,20-,24+,25-,26-,27-/m0/s1. The lowest BCUT2D eigenvalue weighted by molar-refractivity contribution is -0.492. The van der Waals surface area contributed by atoms with Crippen molar-refractivity contribution in [2.75, 3.05) is 19.8 Å². The Morgan fingerprint density at radius 2 is 1.95 bits per heavy atom. The van der Waals surface area contributed by atoms with Crippen LogP contribution in [-0.2, 0) is 28.8 Å². The van der Waals surface area contributed by atoms with Gasteiger partial charge in [-0.05, 0) is 62.5 Å². The molecule has 0 aromatic rings. The monoisotopic (exact) mass is 550 g/mol. The van der Waals surface area contributed by atoms with Crippen LogP contribution in [0.3, 0.4) is 0 Å². The maximum Gasteiger partial charge on any atom is 0.325 e. The fourth-order valence-electron chi connectivity index (χ4n) is 7.74. The van der Waals surface area contributed by atoms with E-state index >= 15 is 0 Å². The summed E-state index contributed by atoms with van der Waals surface area (Å²) in [6, 6.07) is 0. The maximum absolute atomic E-state index is 13.3. The number of hydrogen-bond donors (Lipinski definition) is 5. The van der Waals surface area contributed by atoms with Crippen molar-refractivity contribution in [1.29, 1.82) is 0 Å². The Balaban J connectivity index is 1.35. The summed E-state index contributed by atoms with van der Waals surface area (Å²) in [6.07, 6.45) is 6.98. The van der Waals surface area contributed by atoms with E-state index in [1.807, 2.05) is 13.0 Å². The normalized spacial score (nSPS) is 37.0. The molecule has 7 atom stereocenters. The molecule has 0 unspecified atom stereocenters. The second-order valence-corrected chi connectivity index (χ2v) is 11.7. The van der Waals surface area contributed by atoms with E-state index in [2.05, 4.69) is 17.1 Å². The molecular formula is C27H38N2O10. The van der Waals surface area contributed by atoms with Crippen LogP contribution in [0.15, 0.2) is 23.8 Å². The predicted molar refractivity (Wildman–Crippen MR) is 133 cm³/mol. The van der Waals surface area contributed by atoms with Crippen molar-refractivity contribution >= 4 is 23.4 Å². The number of hydrogen-bond acceptors (Lipinski definition) is 11. The number of nitrogens with one attached hydrogen (secondary N) is 1. The quantitative estimate of drug-likeness (QED) is 0.149. The molecule has 0 aliphatic heterocycles. The summed E-state index contributed by atoms with van der Waals surface area (Å²) in [7, 11) is 0. The molecule has 4 aliphatic carbocycles. The summed E-state index contributed by atoms with van der Waals surface area (Å²) >= 11 is 0. The predicted octanol–water partition coefficient (Wildman–Crippen LogP) is 1.02. The van der Waals surface area contributed by atoms with Gasteiger partial charge >= 0.3 is 5.97 Å². The summed E-state index contributed by atoms with van der Waals surface area (Å²) in [4.78, 5) is 53.5. The molecule has 0 heterocycles. The van der Waals surface area contributed by atoms with E-state index in [0.717, 1.165) is 18.4 Å². The van der Waals surface area contributed by atoms with E-state index in [1.165, 1.54) is 0 Å². The zero-order valence-corrected chi connectivity index (χ0v) is 22.3. The number of rotatable bonds is 10. The van der Waals surface area contributed by atoms with Crippen molar-refractivity contribution in [2.24, 2.45) is 28.6 Å². The van der Waals surface area contributed by atoms with Crippen LogP contribution < -0.4 is 5.32 Å². The Morgan fingerprint density at radius 1 is 1.21 bits per heavy atom. The van der Waals surface area contributed by atoms with Crippen molar-refractivity contribution in [1.82, 2.24) is 10.7 Å². The third-order valence-corrected chi connectivity index (χ3v) is 9.66. The molecule has 12 heteroatoms. The molecular weight excluding hydrogens is 512 g/mol. The van der Waals surface area contributed by atoms with Gasteiger partial charge in [-0.15, -0.1) is 0 Å². The van der Waals surface area contributed by atoms with Crippen molar-refractivity contribution in [2.45, 2.75) is 70.5 Å². The Bertz CT molecular complexity index is 1070. The van der Waals surface area contributed by atoms with Gasteiger partial charge in [0.05, 0.1) is 18.1 Å². The maximum atomic E-state index is 13.3. The summed E-state index contributed by atoms with van der Waals surface area (Å²) < 4.78 is 5.07. The van der Waals surface area contributed by atoms with Crippen LogP contribution in [0.2, 0.25) is 0 Å². The summed E-state index contributed by atoms with van der Waals surface area (Å²) in [5, 5.41) is 41.9. The minimum absolute atomic E-state index is 0.0213. The van der Waals surface area contributed by atoms with Crippen LogP contribution in [0.4, 0.5) is 0 Å². The lowest BCUT2D eigenvalue weighted by Crippen LogP contribution is -2.61.